The van der Waals surface area contributed by atoms with E-state index in [-0.39, 0.29) is 5.54 Å². The van der Waals surface area contributed by atoms with Crippen LogP contribution in [0.15, 0.2) is 0 Å². The lowest BCUT2D eigenvalue weighted by Gasteiger charge is -2.35. The van der Waals surface area contributed by atoms with Crippen molar-refractivity contribution in [3.8, 4) is 0 Å². The van der Waals surface area contributed by atoms with E-state index >= 15 is 0 Å². The molecule has 0 amide bonds. The average Bonchev–Trinajstić information content (AvgIpc) is 2.10. The zero-order valence-corrected chi connectivity index (χ0v) is 8.81. The fourth-order valence-corrected chi connectivity index (χ4v) is 2.42. The molecule has 0 heterocycles. The van der Waals surface area contributed by atoms with Gasteiger partial charge in [-0.1, -0.05) is 32.1 Å². The Bertz CT molecular complexity index is 128. The third-order valence-electron chi connectivity index (χ3n) is 3.43. The van der Waals surface area contributed by atoms with Gasteiger partial charge in [0.05, 0.1) is 0 Å². The van der Waals surface area contributed by atoms with Gasteiger partial charge in [0.15, 0.2) is 0 Å². The number of nitrogens with one attached hydrogen (secondary N) is 1. The van der Waals surface area contributed by atoms with E-state index in [0.29, 0.717) is 6.61 Å². The van der Waals surface area contributed by atoms with Gasteiger partial charge in [0.25, 0.3) is 0 Å². The topological polar surface area (TPSA) is 32.3 Å². The van der Waals surface area contributed by atoms with Crippen LogP contribution in [0, 0.1) is 0 Å². The SMILES string of the molecule is CNC1(CCO)CCCCCCC1. The number of rotatable bonds is 3. The minimum Gasteiger partial charge on any atom is -0.396 e. The maximum Gasteiger partial charge on any atom is 0.0448 e. The summed E-state index contributed by atoms with van der Waals surface area (Å²) in [6.07, 6.45) is 10.2. The third-order valence-corrected chi connectivity index (χ3v) is 3.43. The second-order valence-electron chi connectivity index (χ2n) is 4.27. The molecule has 0 radical (unpaired) electrons. The van der Waals surface area contributed by atoms with Gasteiger partial charge in [-0.2, -0.15) is 0 Å². The maximum absolute atomic E-state index is 9.04. The van der Waals surface area contributed by atoms with Crippen LogP contribution in [0.3, 0.4) is 0 Å². The van der Waals surface area contributed by atoms with Crippen LogP contribution in [-0.4, -0.2) is 24.3 Å². The molecule has 0 atom stereocenters. The van der Waals surface area contributed by atoms with Gasteiger partial charge in [-0.3, -0.25) is 0 Å². The lowest BCUT2D eigenvalue weighted by atomic mass is 9.82. The van der Waals surface area contributed by atoms with Crippen molar-refractivity contribution in [2.24, 2.45) is 0 Å². The van der Waals surface area contributed by atoms with Gasteiger partial charge in [0.2, 0.25) is 0 Å². The highest BCUT2D eigenvalue weighted by molar-refractivity contribution is 4.87. The molecule has 2 heteroatoms. The number of hydrogen-bond acceptors (Lipinski definition) is 2. The summed E-state index contributed by atoms with van der Waals surface area (Å²) in [6.45, 7) is 0.320. The Morgan fingerprint density at radius 3 is 2.08 bits per heavy atom. The van der Waals surface area contributed by atoms with Crippen molar-refractivity contribution >= 4 is 0 Å². The Balaban J connectivity index is 2.47. The van der Waals surface area contributed by atoms with Crippen molar-refractivity contribution in [3.05, 3.63) is 0 Å². The molecule has 0 aromatic rings. The smallest absolute Gasteiger partial charge is 0.0448 e. The minimum atomic E-state index is 0.245. The van der Waals surface area contributed by atoms with E-state index in [9.17, 15) is 0 Å². The van der Waals surface area contributed by atoms with Gasteiger partial charge in [-0.15, -0.1) is 0 Å². The summed E-state index contributed by atoms with van der Waals surface area (Å²) in [4.78, 5) is 0. The predicted molar refractivity (Wildman–Crippen MR) is 55.8 cm³/mol. The summed E-state index contributed by atoms with van der Waals surface area (Å²) in [5, 5.41) is 12.5. The number of aliphatic hydroxyl groups is 1. The largest absolute Gasteiger partial charge is 0.396 e. The van der Waals surface area contributed by atoms with Crippen LogP contribution in [-0.2, 0) is 0 Å². The molecule has 13 heavy (non-hydrogen) atoms. The Morgan fingerprint density at radius 1 is 1.08 bits per heavy atom. The summed E-state index contributed by atoms with van der Waals surface area (Å²) in [5.41, 5.74) is 0.245. The first-order valence-corrected chi connectivity index (χ1v) is 5.63. The minimum absolute atomic E-state index is 0.245. The molecule has 2 N–H and O–H groups in total. The molecule has 2 nitrogen and oxygen atoms in total. The maximum atomic E-state index is 9.04. The van der Waals surface area contributed by atoms with E-state index in [4.69, 9.17) is 5.11 Å². The summed E-state index contributed by atoms with van der Waals surface area (Å²) >= 11 is 0. The Kier molecular flexibility index (Phi) is 4.74. The van der Waals surface area contributed by atoms with Crippen molar-refractivity contribution in [2.45, 2.75) is 56.9 Å². The van der Waals surface area contributed by atoms with E-state index < -0.39 is 0 Å². The monoisotopic (exact) mass is 185 g/mol. The summed E-state index contributed by atoms with van der Waals surface area (Å²) in [6, 6.07) is 0. The van der Waals surface area contributed by atoms with Crippen molar-refractivity contribution < 1.29 is 5.11 Å². The lowest BCUT2D eigenvalue weighted by Crippen LogP contribution is -2.44. The second kappa shape index (κ2) is 5.61. The molecule has 1 aliphatic rings. The lowest BCUT2D eigenvalue weighted by molar-refractivity contribution is 0.184. The van der Waals surface area contributed by atoms with Crippen LogP contribution >= 0.6 is 0 Å². The van der Waals surface area contributed by atoms with Gasteiger partial charge in [0.1, 0.15) is 0 Å². The molecule has 1 fully saturated rings. The summed E-state index contributed by atoms with van der Waals surface area (Å²) in [5.74, 6) is 0. The highest BCUT2D eigenvalue weighted by Gasteiger charge is 2.27. The molecular formula is C11H23NO. The molecule has 0 aromatic heterocycles. The van der Waals surface area contributed by atoms with Crippen LogP contribution in [0.4, 0.5) is 0 Å². The Labute approximate surface area is 81.7 Å². The van der Waals surface area contributed by atoms with E-state index in [2.05, 4.69) is 5.32 Å². The number of aliphatic hydroxyl groups excluding tert-OH is 1. The van der Waals surface area contributed by atoms with Gasteiger partial charge >= 0.3 is 0 Å². The zero-order chi connectivity index (χ0) is 9.57. The molecule has 0 saturated heterocycles. The molecule has 0 unspecified atom stereocenters. The van der Waals surface area contributed by atoms with Crippen LogP contribution in [0.1, 0.15) is 51.4 Å². The first-order valence-electron chi connectivity index (χ1n) is 5.63. The Hall–Kier alpha value is -0.0800. The molecule has 0 bridgehead atoms. The fraction of sp³-hybridized carbons (Fsp3) is 1.00. The van der Waals surface area contributed by atoms with E-state index in [0.717, 1.165) is 6.42 Å². The molecule has 0 spiro atoms. The van der Waals surface area contributed by atoms with E-state index in [1.165, 1.54) is 44.9 Å². The first kappa shape index (κ1) is 11.0. The summed E-state index contributed by atoms with van der Waals surface area (Å²) in [7, 11) is 2.04. The van der Waals surface area contributed by atoms with Crippen LogP contribution in [0.2, 0.25) is 0 Å². The molecule has 78 valence electrons. The molecule has 1 aliphatic carbocycles. The van der Waals surface area contributed by atoms with Crippen LogP contribution in [0.25, 0.3) is 0 Å². The van der Waals surface area contributed by atoms with Gasteiger partial charge < -0.3 is 10.4 Å². The van der Waals surface area contributed by atoms with Crippen molar-refractivity contribution in [2.75, 3.05) is 13.7 Å². The predicted octanol–water partition coefficient (Wildman–Crippen LogP) is 2.07. The van der Waals surface area contributed by atoms with E-state index in [1.54, 1.807) is 0 Å². The standard InChI is InChI=1S/C11H23NO/c1-12-11(9-10-13)7-5-3-2-4-6-8-11/h12-13H,2-10H2,1H3. The van der Waals surface area contributed by atoms with Crippen LogP contribution < -0.4 is 5.32 Å². The van der Waals surface area contributed by atoms with E-state index in [1.807, 2.05) is 7.05 Å². The normalized spacial score (nSPS) is 23.5. The highest BCUT2D eigenvalue weighted by Crippen LogP contribution is 2.28. The quantitative estimate of drug-likeness (QED) is 0.705. The van der Waals surface area contributed by atoms with Crippen molar-refractivity contribution in [1.29, 1.82) is 0 Å². The van der Waals surface area contributed by atoms with Crippen LogP contribution in [0.5, 0.6) is 0 Å². The van der Waals surface area contributed by atoms with Gasteiger partial charge in [-0.25, -0.2) is 0 Å². The Morgan fingerprint density at radius 2 is 1.62 bits per heavy atom. The third kappa shape index (κ3) is 3.28. The van der Waals surface area contributed by atoms with Gasteiger partial charge in [-0.05, 0) is 26.3 Å². The van der Waals surface area contributed by atoms with Crippen molar-refractivity contribution in [1.82, 2.24) is 5.32 Å². The van der Waals surface area contributed by atoms with Gasteiger partial charge in [0, 0.05) is 12.1 Å². The average molecular weight is 185 g/mol. The van der Waals surface area contributed by atoms with Crippen molar-refractivity contribution in [3.63, 3.8) is 0 Å². The summed E-state index contributed by atoms with van der Waals surface area (Å²) < 4.78 is 0. The second-order valence-corrected chi connectivity index (χ2v) is 4.27. The molecule has 1 saturated carbocycles. The molecular weight excluding hydrogens is 162 g/mol. The number of hydrogen-bond donors (Lipinski definition) is 2. The molecule has 0 aliphatic heterocycles. The molecule has 0 aromatic carbocycles. The molecule has 1 rings (SSSR count). The first-order chi connectivity index (χ1) is 6.33. The zero-order valence-electron chi connectivity index (χ0n) is 8.81. The fourth-order valence-electron chi connectivity index (χ4n) is 2.42. The highest BCUT2D eigenvalue weighted by atomic mass is 16.3.